The molecule has 124 valence electrons. The van der Waals surface area contributed by atoms with Crippen LogP contribution in [0.25, 0.3) is 11.1 Å². The highest BCUT2D eigenvalue weighted by Crippen LogP contribution is 2.17. The molecule has 6 heteroatoms. The highest BCUT2D eigenvalue weighted by atomic mass is 16.3. The first kappa shape index (κ1) is 16.0. The van der Waals surface area contributed by atoms with Gasteiger partial charge in [0.05, 0.1) is 6.54 Å². The van der Waals surface area contributed by atoms with Crippen molar-refractivity contribution >= 4 is 17.0 Å². The molecule has 1 fully saturated rings. The Morgan fingerprint density at radius 2 is 2.13 bits per heavy atom. The average molecular weight is 316 g/mol. The van der Waals surface area contributed by atoms with E-state index in [1.165, 1.54) is 0 Å². The first-order chi connectivity index (χ1) is 11.0. The summed E-state index contributed by atoms with van der Waals surface area (Å²) in [7, 11) is 6.00. The van der Waals surface area contributed by atoms with E-state index in [1.54, 1.807) is 4.90 Å². The molecule has 6 nitrogen and oxygen atoms in total. The van der Waals surface area contributed by atoms with Crippen LogP contribution in [0.15, 0.2) is 28.7 Å². The fourth-order valence-electron chi connectivity index (χ4n) is 2.96. The quantitative estimate of drug-likeness (QED) is 0.854. The van der Waals surface area contributed by atoms with Crippen LogP contribution in [-0.2, 0) is 11.3 Å². The summed E-state index contributed by atoms with van der Waals surface area (Å²) < 4.78 is 5.69. The molecule has 2 aromatic rings. The van der Waals surface area contributed by atoms with Gasteiger partial charge < -0.3 is 19.1 Å². The fourth-order valence-corrected chi connectivity index (χ4v) is 2.96. The van der Waals surface area contributed by atoms with Crippen molar-refractivity contribution in [1.29, 1.82) is 0 Å². The van der Waals surface area contributed by atoms with Gasteiger partial charge in [0.2, 0.25) is 11.8 Å². The van der Waals surface area contributed by atoms with Crippen LogP contribution in [0.3, 0.4) is 0 Å². The zero-order valence-electron chi connectivity index (χ0n) is 14.0. The zero-order chi connectivity index (χ0) is 16.4. The molecule has 1 aliphatic rings. The van der Waals surface area contributed by atoms with Crippen LogP contribution in [0.2, 0.25) is 0 Å². The molecule has 1 aromatic heterocycles. The molecule has 0 aliphatic carbocycles. The summed E-state index contributed by atoms with van der Waals surface area (Å²) in [4.78, 5) is 23.2. The minimum Gasteiger partial charge on any atom is -0.439 e. The number of oxazole rings is 1. The van der Waals surface area contributed by atoms with Crippen molar-refractivity contribution in [1.82, 2.24) is 19.7 Å². The fraction of sp³-hybridized carbons (Fsp3) is 0.529. The molecule has 1 saturated heterocycles. The van der Waals surface area contributed by atoms with Crippen LogP contribution >= 0.6 is 0 Å². The van der Waals surface area contributed by atoms with E-state index >= 15 is 0 Å². The Bertz CT molecular complexity index is 651. The van der Waals surface area contributed by atoms with Crippen molar-refractivity contribution in [2.24, 2.45) is 0 Å². The van der Waals surface area contributed by atoms with Gasteiger partial charge in [-0.1, -0.05) is 12.1 Å². The number of hydrogen-bond acceptors (Lipinski definition) is 5. The van der Waals surface area contributed by atoms with Crippen LogP contribution in [0.4, 0.5) is 0 Å². The monoisotopic (exact) mass is 316 g/mol. The van der Waals surface area contributed by atoms with Crippen molar-refractivity contribution < 1.29 is 9.21 Å². The van der Waals surface area contributed by atoms with Crippen LogP contribution < -0.4 is 0 Å². The van der Waals surface area contributed by atoms with Crippen molar-refractivity contribution in [3.8, 4) is 0 Å². The molecule has 1 aliphatic heterocycles. The summed E-state index contributed by atoms with van der Waals surface area (Å²) in [5.74, 6) is 0.704. The number of nitrogens with zero attached hydrogens (tertiary/aromatic N) is 4. The number of carbonyl (C=O) groups is 1. The van der Waals surface area contributed by atoms with E-state index in [-0.39, 0.29) is 11.9 Å². The molecular formula is C17H24N4O2. The number of likely N-dealkylation sites (N-methyl/N-ethyl adjacent to an activating group) is 2. The molecule has 0 unspecified atom stereocenters. The van der Waals surface area contributed by atoms with Crippen molar-refractivity contribution in [2.75, 3.05) is 40.8 Å². The number of rotatable bonds is 4. The van der Waals surface area contributed by atoms with Crippen LogP contribution in [-0.4, -0.2) is 72.4 Å². The third-order valence-electron chi connectivity index (χ3n) is 4.53. The predicted molar refractivity (Wildman–Crippen MR) is 89.0 cm³/mol. The minimum absolute atomic E-state index is 0.124. The SMILES string of the molecule is CN1CCN(C)[C@H](CC(=O)N(C)Cc2nc3ccccc3o2)C1. The topological polar surface area (TPSA) is 52.8 Å². The maximum Gasteiger partial charge on any atom is 0.224 e. The Morgan fingerprint density at radius 1 is 1.35 bits per heavy atom. The molecular weight excluding hydrogens is 292 g/mol. The number of benzene rings is 1. The van der Waals surface area contributed by atoms with E-state index in [1.807, 2.05) is 31.3 Å². The summed E-state index contributed by atoms with van der Waals surface area (Å²) in [6, 6.07) is 7.92. The van der Waals surface area contributed by atoms with Gasteiger partial charge in [0.15, 0.2) is 5.58 Å². The Kier molecular flexibility index (Phi) is 4.63. The second-order valence-electron chi connectivity index (χ2n) is 6.43. The molecule has 0 spiro atoms. The maximum absolute atomic E-state index is 12.5. The molecule has 0 bridgehead atoms. The number of piperazine rings is 1. The third kappa shape index (κ3) is 3.71. The number of carbonyl (C=O) groups excluding carboxylic acids is 1. The third-order valence-corrected chi connectivity index (χ3v) is 4.53. The maximum atomic E-state index is 12.5. The van der Waals surface area contributed by atoms with Gasteiger partial charge >= 0.3 is 0 Å². The second-order valence-corrected chi connectivity index (χ2v) is 6.43. The largest absolute Gasteiger partial charge is 0.439 e. The standard InChI is InChI=1S/C17H24N4O2/c1-19-8-9-20(2)13(11-19)10-17(22)21(3)12-16-18-14-6-4-5-7-15(14)23-16/h4-7,13H,8-12H2,1-3H3/t13-/m1/s1. The van der Waals surface area contributed by atoms with Gasteiger partial charge in [0.25, 0.3) is 0 Å². The lowest BCUT2D eigenvalue weighted by Crippen LogP contribution is -2.51. The van der Waals surface area contributed by atoms with Crippen LogP contribution in [0, 0.1) is 0 Å². The van der Waals surface area contributed by atoms with E-state index in [4.69, 9.17) is 4.42 Å². The van der Waals surface area contributed by atoms with Crippen molar-refractivity contribution in [3.05, 3.63) is 30.2 Å². The van der Waals surface area contributed by atoms with Crippen LogP contribution in [0.5, 0.6) is 0 Å². The average Bonchev–Trinajstić information content (AvgIpc) is 2.93. The number of aromatic nitrogens is 1. The molecule has 1 atom stereocenters. The highest BCUT2D eigenvalue weighted by molar-refractivity contribution is 5.76. The summed E-state index contributed by atoms with van der Waals surface area (Å²) >= 11 is 0. The summed E-state index contributed by atoms with van der Waals surface area (Å²) in [6.07, 6.45) is 0.525. The van der Waals surface area contributed by atoms with Crippen molar-refractivity contribution in [2.45, 2.75) is 19.0 Å². The van der Waals surface area contributed by atoms with Gasteiger partial charge in [0, 0.05) is 39.1 Å². The molecule has 0 radical (unpaired) electrons. The van der Waals surface area contributed by atoms with Gasteiger partial charge in [0.1, 0.15) is 5.52 Å². The predicted octanol–water partition coefficient (Wildman–Crippen LogP) is 1.42. The molecule has 0 N–H and O–H groups in total. The van der Waals surface area contributed by atoms with E-state index in [0.29, 0.717) is 18.9 Å². The van der Waals surface area contributed by atoms with Gasteiger partial charge in [-0.2, -0.15) is 0 Å². The molecule has 1 aromatic carbocycles. The lowest BCUT2D eigenvalue weighted by atomic mass is 10.1. The molecule has 2 heterocycles. The Morgan fingerprint density at radius 3 is 2.91 bits per heavy atom. The van der Waals surface area contributed by atoms with Gasteiger partial charge in [-0.3, -0.25) is 4.79 Å². The molecule has 1 amide bonds. The summed E-state index contributed by atoms with van der Waals surface area (Å²) in [5, 5.41) is 0. The molecule has 3 rings (SSSR count). The van der Waals surface area contributed by atoms with E-state index in [0.717, 1.165) is 30.7 Å². The summed E-state index contributed by atoms with van der Waals surface area (Å²) in [5.41, 5.74) is 1.59. The molecule has 23 heavy (non-hydrogen) atoms. The number of fused-ring (bicyclic) bond motifs is 1. The first-order valence-corrected chi connectivity index (χ1v) is 8.00. The van der Waals surface area contributed by atoms with Gasteiger partial charge in [-0.05, 0) is 26.2 Å². The number of amides is 1. The van der Waals surface area contributed by atoms with Gasteiger partial charge in [-0.25, -0.2) is 4.98 Å². The molecule has 0 saturated carbocycles. The lowest BCUT2D eigenvalue weighted by Gasteiger charge is -2.37. The Hall–Kier alpha value is -1.92. The van der Waals surface area contributed by atoms with E-state index in [9.17, 15) is 4.79 Å². The Labute approximate surface area is 136 Å². The minimum atomic E-state index is 0.124. The summed E-state index contributed by atoms with van der Waals surface area (Å²) in [6.45, 7) is 3.39. The van der Waals surface area contributed by atoms with Gasteiger partial charge in [-0.15, -0.1) is 0 Å². The van der Waals surface area contributed by atoms with E-state index < -0.39 is 0 Å². The van der Waals surface area contributed by atoms with Crippen LogP contribution in [0.1, 0.15) is 12.3 Å². The highest BCUT2D eigenvalue weighted by Gasteiger charge is 2.26. The zero-order valence-corrected chi connectivity index (χ0v) is 14.0. The second kappa shape index (κ2) is 6.68. The smallest absolute Gasteiger partial charge is 0.224 e. The number of para-hydroxylation sites is 2. The normalized spacial score (nSPS) is 20.0. The van der Waals surface area contributed by atoms with Crippen molar-refractivity contribution in [3.63, 3.8) is 0 Å². The number of hydrogen-bond donors (Lipinski definition) is 0. The van der Waals surface area contributed by atoms with E-state index in [2.05, 4.69) is 28.9 Å². The lowest BCUT2D eigenvalue weighted by molar-refractivity contribution is -0.132. The first-order valence-electron chi connectivity index (χ1n) is 8.00. The Balaban J connectivity index is 1.60.